The summed E-state index contributed by atoms with van der Waals surface area (Å²) in [6, 6.07) is 4.06. The van der Waals surface area contributed by atoms with Gasteiger partial charge in [-0.2, -0.15) is 13.2 Å². The predicted octanol–water partition coefficient (Wildman–Crippen LogP) is 4.53. The normalized spacial score (nSPS) is 21.6. The van der Waals surface area contributed by atoms with Crippen molar-refractivity contribution in [2.24, 2.45) is 5.41 Å². The molecule has 102 valence electrons. The van der Waals surface area contributed by atoms with Gasteiger partial charge in [-0.3, -0.25) is 0 Å². The Kier molecular flexibility index (Phi) is 2.58. The molecule has 2 nitrogen and oxygen atoms in total. The second-order valence-corrected chi connectivity index (χ2v) is 6.62. The fourth-order valence-corrected chi connectivity index (χ4v) is 2.93. The van der Waals surface area contributed by atoms with Crippen molar-refractivity contribution in [1.82, 2.24) is 4.98 Å². The molecule has 1 aromatic heterocycles. The number of aromatic nitrogens is 1. The second-order valence-electron chi connectivity index (χ2n) is 5.59. The molecule has 1 aliphatic carbocycles. The summed E-state index contributed by atoms with van der Waals surface area (Å²) in [5.41, 5.74) is 0.0130. The Hall–Kier alpha value is -1.30. The van der Waals surface area contributed by atoms with E-state index in [0.29, 0.717) is 16.7 Å². The summed E-state index contributed by atoms with van der Waals surface area (Å²) < 4.78 is 38.6. The van der Waals surface area contributed by atoms with Gasteiger partial charge in [-0.1, -0.05) is 25.2 Å². The van der Waals surface area contributed by atoms with Crippen LogP contribution in [0.25, 0.3) is 10.2 Å². The third-order valence-electron chi connectivity index (χ3n) is 3.53. The summed E-state index contributed by atoms with van der Waals surface area (Å²) >= 11 is 1.40. The van der Waals surface area contributed by atoms with E-state index in [-0.39, 0.29) is 5.41 Å². The Bertz CT molecular complexity index is 630. The summed E-state index contributed by atoms with van der Waals surface area (Å²) in [5, 5.41) is 3.98. The molecular weight excluding hydrogens is 273 g/mol. The van der Waals surface area contributed by atoms with Crippen molar-refractivity contribution in [2.45, 2.75) is 32.5 Å². The molecule has 1 saturated carbocycles. The van der Waals surface area contributed by atoms with Crippen LogP contribution in [0, 0.1) is 5.41 Å². The lowest BCUT2D eigenvalue weighted by Gasteiger charge is -2.04. The number of hydrogen-bond donors (Lipinski definition) is 1. The first-order valence-electron chi connectivity index (χ1n) is 6.00. The van der Waals surface area contributed by atoms with E-state index >= 15 is 0 Å². The summed E-state index contributed by atoms with van der Waals surface area (Å²) in [4.78, 5) is 4.24. The molecule has 6 heteroatoms. The van der Waals surface area contributed by atoms with Gasteiger partial charge in [0.25, 0.3) is 0 Å². The number of hydrogen-bond acceptors (Lipinski definition) is 3. The van der Waals surface area contributed by atoms with E-state index in [2.05, 4.69) is 24.1 Å². The minimum Gasteiger partial charge on any atom is -0.358 e. The van der Waals surface area contributed by atoms with E-state index in [0.717, 1.165) is 23.3 Å². The van der Waals surface area contributed by atoms with Crippen LogP contribution in [0.15, 0.2) is 18.2 Å². The predicted molar refractivity (Wildman–Crippen MR) is 70.4 cm³/mol. The number of benzene rings is 1. The minimum atomic E-state index is -4.32. The van der Waals surface area contributed by atoms with E-state index in [1.807, 2.05) is 0 Å². The van der Waals surface area contributed by atoms with Gasteiger partial charge in [0.05, 0.1) is 15.8 Å². The van der Waals surface area contributed by atoms with Gasteiger partial charge in [-0.05, 0) is 30.0 Å². The molecule has 0 aliphatic heterocycles. The number of halogens is 3. The monoisotopic (exact) mass is 286 g/mol. The average molecular weight is 286 g/mol. The first-order chi connectivity index (χ1) is 8.75. The molecular formula is C13H13F3N2S. The fourth-order valence-electron chi connectivity index (χ4n) is 2.03. The lowest BCUT2D eigenvalue weighted by Crippen LogP contribution is -2.07. The zero-order valence-corrected chi connectivity index (χ0v) is 11.3. The average Bonchev–Trinajstić information content (AvgIpc) is 2.71. The third kappa shape index (κ3) is 2.41. The van der Waals surface area contributed by atoms with Crippen molar-refractivity contribution in [1.29, 1.82) is 0 Å². The second kappa shape index (κ2) is 3.85. The van der Waals surface area contributed by atoms with Gasteiger partial charge in [0.2, 0.25) is 0 Å². The van der Waals surface area contributed by atoms with Crippen LogP contribution >= 0.6 is 11.3 Å². The molecule has 1 aromatic carbocycles. The highest BCUT2D eigenvalue weighted by Gasteiger charge is 2.46. The van der Waals surface area contributed by atoms with Crippen LogP contribution < -0.4 is 5.32 Å². The third-order valence-corrected chi connectivity index (χ3v) is 4.49. The molecule has 0 saturated heterocycles. The molecule has 1 fully saturated rings. The smallest absolute Gasteiger partial charge is 0.358 e. The number of thiazole rings is 1. The highest BCUT2D eigenvalue weighted by Crippen LogP contribution is 2.47. The Morgan fingerprint density at radius 1 is 1.37 bits per heavy atom. The Labute approximate surface area is 112 Å². The zero-order chi connectivity index (χ0) is 13.8. The molecule has 1 N–H and O–H groups in total. The summed E-state index contributed by atoms with van der Waals surface area (Å²) in [7, 11) is 0. The van der Waals surface area contributed by atoms with E-state index in [1.165, 1.54) is 17.4 Å². The highest BCUT2D eigenvalue weighted by atomic mass is 32.1. The maximum absolute atomic E-state index is 12.6. The van der Waals surface area contributed by atoms with Gasteiger partial charge in [0.1, 0.15) is 0 Å². The molecule has 0 amide bonds. The van der Waals surface area contributed by atoms with Crippen molar-refractivity contribution in [3.8, 4) is 0 Å². The van der Waals surface area contributed by atoms with Crippen LogP contribution in [-0.2, 0) is 6.18 Å². The fraction of sp³-hybridized carbons (Fsp3) is 0.462. The quantitative estimate of drug-likeness (QED) is 0.877. The van der Waals surface area contributed by atoms with Gasteiger partial charge in [0, 0.05) is 6.04 Å². The molecule has 1 atom stereocenters. The van der Waals surface area contributed by atoms with Crippen molar-refractivity contribution in [2.75, 3.05) is 5.32 Å². The number of nitrogens with one attached hydrogen (secondary N) is 1. The zero-order valence-electron chi connectivity index (χ0n) is 10.5. The van der Waals surface area contributed by atoms with Crippen molar-refractivity contribution < 1.29 is 13.2 Å². The molecule has 1 unspecified atom stereocenters. The van der Waals surface area contributed by atoms with Gasteiger partial charge in [-0.15, -0.1) is 0 Å². The number of rotatable bonds is 2. The highest BCUT2D eigenvalue weighted by molar-refractivity contribution is 7.22. The summed E-state index contributed by atoms with van der Waals surface area (Å²) in [6.07, 6.45) is -3.25. The van der Waals surface area contributed by atoms with Crippen LogP contribution in [-0.4, -0.2) is 11.0 Å². The van der Waals surface area contributed by atoms with E-state index in [9.17, 15) is 13.2 Å². The van der Waals surface area contributed by atoms with E-state index in [1.54, 1.807) is 0 Å². The molecule has 1 heterocycles. The Balaban J connectivity index is 1.89. The summed E-state index contributed by atoms with van der Waals surface area (Å²) in [5.74, 6) is 0. The van der Waals surface area contributed by atoms with Crippen LogP contribution in [0.4, 0.5) is 18.3 Å². The van der Waals surface area contributed by atoms with Crippen LogP contribution in [0.3, 0.4) is 0 Å². The molecule has 0 spiro atoms. The SMILES string of the molecule is CC1(C)CC1Nc1nc2cc(C(F)(F)F)ccc2s1. The van der Waals surface area contributed by atoms with E-state index < -0.39 is 11.7 Å². The molecule has 0 radical (unpaired) electrons. The minimum absolute atomic E-state index is 0.259. The van der Waals surface area contributed by atoms with Crippen molar-refractivity contribution in [3.63, 3.8) is 0 Å². The number of anilines is 1. The molecule has 3 rings (SSSR count). The number of nitrogens with zero attached hydrogens (tertiary/aromatic N) is 1. The molecule has 1 aliphatic rings. The standard InChI is InChI=1S/C13H13F3N2S/c1-12(2)6-10(12)18-11-17-8-5-7(13(14,15)16)3-4-9(8)19-11/h3-5,10H,6H2,1-2H3,(H,17,18). The van der Waals surface area contributed by atoms with E-state index in [4.69, 9.17) is 0 Å². The first-order valence-corrected chi connectivity index (χ1v) is 6.82. The van der Waals surface area contributed by atoms with Gasteiger partial charge in [0.15, 0.2) is 5.13 Å². The maximum atomic E-state index is 12.6. The number of fused-ring (bicyclic) bond motifs is 1. The van der Waals surface area contributed by atoms with Crippen LogP contribution in [0.5, 0.6) is 0 Å². The first kappa shape index (κ1) is 12.7. The topological polar surface area (TPSA) is 24.9 Å². The molecule has 2 aromatic rings. The summed E-state index contributed by atoms with van der Waals surface area (Å²) in [6.45, 7) is 4.31. The van der Waals surface area contributed by atoms with Crippen molar-refractivity contribution in [3.05, 3.63) is 23.8 Å². The molecule has 0 bridgehead atoms. The van der Waals surface area contributed by atoms with Gasteiger partial charge < -0.3 is 5.32 Å². The Morgan fingerprint density at radius 2 is 2.05 bits per heavy atom. The number of alkyl halides is 3. The van der Waals surface area contributed by atoms with Crippen LogP contribution in [0.1, 0.15) is 25.8 Å². The largest absolute Gasteiger partial charge is 0.416 e. The van der Waals surface area contributed by atoms with Crippen LogP contribution in [0.2, 0.25) is 0 Å². The lowest BCUT2D eigenvalue weighted by atomic mass is 10.2. The Morgan fingerprint density at radius 3 is 2.63 bits per heavy atom. The van der Waals surface area contributed by atoms with Crippen molar-refractivity contribution >= 4 is 26.7 Å². The van der Waals surface area contributed by atoms with Gasteiger partial charge >= 0.3 is 6.18 Å². The lowest BCUT2D eigenvalue weighted by molar-refractivity contribution is -0.137. The maximum Gasteiger partial charge on any atom is 0.416 e. The van der Waals surface area contributed by atoms with Gasteiger partial charge in [-0.25, -0.2) is 4.98 Å². The molecule has 19 heavy (non-hydrogen) atoms.